The summed E-state index contributed by atoms with van der Waals surface area (Å²) in [7, 11) is 1.86. The first kappa shape index (κ1) is 19.9. The molecule has 0 aliphatic carbocycles. The summed E-state index contributed by atoms with van der Waals surface area (Å²) in [6.45, 7) is 4.68. The second-order valence-corrected chi connectivity index (χ2v) is 8.42. The van der Waals surface area contributed by atoms with Crippen LogP contribution in [0.2, 0.25) is 0 Å². The van der Waals surface area contributed by atoms with Gasteiger partial charge in [0.1, 0.15) is 12.4 Å². The van der Waals surface area contributed by atoms with Crippen LogP contribution in [-0.2, 0) is 4.79 Å². The zero-order valence-corrected chi connectivity index (χ0v) is 18.2. The Labute approximate surface area is 179 Å². The van der Waals surface area contributed by atoms with Gasteiger partial charge in [-0.2, -0.15) is 0 Å². The lowest BCUT2D eigenvalue weighted by atomic mass is 10.1. The van der Waals surface area contributed by atoms with Gasteiger partial charge in [0.15, 0.2) is 0 Å². The third-order valence-electron chi connectivity index (χ3n) is 5.37. The first-order valence-corrected chi connectivity index (χ1v) is 10.6. The predicted octanol–water partition coefficient (Wildman–Crippen LogP) is 4.21. The van der Waals surface area contributed by atoms with E-state index in [1.165, 1.54) is 0 Å². The number of fused-ring (bicyclic) bond motifs is 1. The van der Waals surface area contributed by atoms with Gasteiger partial charge in [0, 0.05) is 41.6 Å². The summed E-state index contributed by atoms with van der Waals surface area (Å²) in [6, 6.07) is 18.6. The standard InChI is InChI=1S/C23H24BrN3O2/c1-16-14-26(2)23(28)15-27(16)11-12-29-20-7-3-17(4-8-20)21-9-5-18-13-19(24)6-10-22(18)25-21/h3-10,13,16H,11-12,14-15H2,1-2H3/t16-/m1/s1. The number of hydrogen-bond acceptors (Lipinski definition) is 4. The predicted molar refractivity (Wildman–Crippen MR) is 119 cm³/mol. The third-order valence-corrected chi connectivity index (χ3v) is 5.87. The van der Waals surface area contributed by atoms with Gasteiger partial charge in [-0.05, 0) is 55.5 Å². The van der Waals surface area contributed by atoms with Crippen molar-refractivity contribution >= 4 is 32.7 Å². The average Bonchev–Trinajstić information content (AvgIpc) is 2.72. The second-order valence-electron chi connectivity index (χ2n) is 7.50. The molecule has 2 heterocycles. The molecule has 1 fully saturated rings. The summed E-state index contributed by atoms with van der Waals surface area (Å²) in [5, 5.41) is 1.11. The van der Waals surface area contributed by atoms with Gasteiger partial charge in [0.2, 0.25) is 5.91 Å². The lowest BCUT2D eigenvalue weighted by Gasteiger charge is -2.37. The van der Waals surface area contributed by atoms with Crippen LogP contribution in [0.3, 0.4) is 0 Å². The van der Waals surface area contributed by atoms with E-state index in [2.05, 4.69) is 39.9 Å². The molecule has 1 aromatic heterocycles. The molecule has 150 valence electrons. The summed E-state index contributed by atoms with van der Waals surface area (Å²) >= 11 is 3.50. The summed E-state index contributed by atoms with van der Waals surface area (Å²) in [6.07, 6.45) is 0. The van der Waals surface area contributed by atoms with E-state index in [4.69, 9.17) is 9.72 Å². The molecular formula is C23H24BrN3O2. The van der Waals surface area contributed by atoms with Crippen LogP contribution >= 0.6 is 15.9 Å². The van der Waals surface area contributed by atoms with Gasteiger partial charge in [-0.25, -0.2) is 4.98 Å². The van der Waals surface area contributed by atoms with Gasteiger partial charge in [-0.3, -0.25) is 9.69 Å². The molecule has 1 amide bonds. The van der Waals surface area contributed by atoms with Crippen molar-refractivity contribution < 1.29 is 9.53 Å². The number of pyridine rings is 1. The van der Waals surface area contributed by atoms with Gasteiger partial charge in [0.05, 0.1) is 17.8 Å². The molecule has 1 aliphatic heterocycles. The number of carbonyl (C=O) groups is 1. The zero-order chi connectivity index (χ0) is 20.4. The van der Waals surface area contributed by atoms with Crippen LogP contribution in [0.5, 0.6) is 5.75 Å². The van der Waals surface area contributed by atoms with E-state index in [0.717, 1.165) is 45.5 Å². The van der Waals surface area contributed by atoms with E-state index in [9.17, 15) is 4.79 Å². The van der Waals surface area contributed by atoms with Crippen LogP contribution in [0.25, 0.3) is 22.2 Å². The molecule has 1 aliphatic rings. The molecule has 0 unspecified atom stereocenters. The van der Waals surface area contributed by atoms with Gasteiger partial charge < -0.3 is 9.64 Å². The summed E-state index contributed by atoms with van der Waals surface area (Å²) in [5.41, 5.74) is 2.97. The lowest BCUT2D eigenvalue weighted by Crippen LogP contribution is -2.54. The van der Waals surface area contributed by atoms with Crippen molar-refractivity contribution in [2.45, 2.75) is 13.0 Å². The summed E-state index contributed by atoms with van der Waals surface area (Å²) in [5.74, 6) is 0.995. The van der Waals surface area contributed by atoms with E-state index < -0.39 is 0 Å². The van der Waals surface area contributed by atoms with Crippen LogP contribution in [0, 0.1) is 0 Å². The lowest BCUT2D eigenvalue weighted by molar-refractivity contribution is -0.136. The molecule has 5 nitrogen and oxygen atoms in total. The molecule has 3 aromatic rings. The molecule has 0 spiro atoms. The number of carbonyl (C=O) groups excluding carboxylic acids is 1. The maximum absolute atomic E-state index is 11.9. The highest BCUT2D eigenvalue weighted by Gasteiger charge is 2.26. The van der Waals surface area contributed by atoms with Gasteiger partial charge >= 0.3 is 0 Å². The molecule has 0 bridgehead atoms. The Morgan fingerprint density at radius 2 is 1.93 bits per heavy atom. The SMILES string of the molecule is C[C@@H]1CN(C)C(=O)CN1CCOc1ccc(-c2ccc3cc(Br)ccc3n2)cc1. The minimum atomic E-state index is 0.169. The van der Waals surface area contributed by atoms with Crippen molar-refractivity contribution in [1.29, 1.82) is 0 Å². The largest absolute Gasteiger partial charge is 0.492 e. The molecule has 2 aromatic carbocycles. The third kappa shape index (κ3) is 4.60. The molecule has 1 saturated heterocycles. The highest BCUT2D eigenvalue weighted by molar-refractivity contribution is 9.10. The Hall–Kier alpha value is -2.44. The van der Waals surface area contributed by atoms with Crippen molar-refractivity contribution in [2.24, 2.45) is 0 Å². The van der Waals surface area contributed by atoms with Crippen LogP contribution < -0.4 is 4.74 Å². The molecule has 0 N–H and O–H groups in total. The molecule has 4 rings (SSSR count). The van der Waals surface area contributed by atoms with Crippen molar-refractivity contribution in [3.8, 4) is 17.0 Å². The maximum Gasteiger partial charge on any atom is 0.236 e. The number of nitrogens with zero attached hydrogens (tertiary/aromatic N) is 3. The second kappa shape index (κ2) is 8.51. The Morgan fingerprint density at radius 3 is 2.72 bits per heavy atom. The van der Waals surface area contributed by atoms with Crippen LogP contribution in [-0.4, -0.2) is 60.0 Å². The van der Waals surface area contributed by atoms with Crippen molar-refractivity contribution in [2.75, 3.05) is 33.3 Å². The molecule has 0 saturated carbocycles. The van der Waals surface area contributed by atoms with Crippen molar-refractivity contribution in [1.82, 2.24) is 14.8 Å². The Kier molecular flexibility index (Phi) is 5.83. The number of hydrogen-bond donors (Lipinski definition) is 0. The van der Waals surface area contributed by atoms with E-state index in [-0.39, 0.29) is 5.91 Å². The summed E-state index contributed by atoms with van der Waals surface area (Å²) < 4.78 is 6.95. The van der Waals surface area contributed by atoms with Crippen LogP contribution in [0.4, 0.5) is 0 Å². The number of rotatable bonds is 5. The number of likely N-dealkylation sites (N-methyl/N-ethyl adjacent to an activating group) is 1. The van der Waals surface area contributed by atoms with Crippen LogP contribution in [0.1, 0.15) is 6.92 Å². The monoisotopic (exact) mass is 453 g/mol. The fourth-order valence-electron chi connectivity index (χ4n) is 3.62. The average molecular weight is 454 g/mol. The minimum absolute atomic E-state index is 0.169. The van der Waals surface area contributed by atoms with Crippen molar-refractivity contribution in [3.63, 3.8) is 0 Å². The molecule has 1 atom stereocenters. The summed E-state index contributed by atoms with van der Waals surface area (Å²) in [4.78, 5) is 20.6. The van der Waals surface area contributed by atoms with Crippen molar-refractivity contribution in [3.05, 3.63) is 59.1 Å². The molecule has 0 radical (unpaired) electrons. The van der Waals surface area contributed by atoms with E-state index in [1.807, 2.05) is 49.5 Å². The molecular weight excluding hydrogens is 430 g/mol. The quantitative estimate of drug-likeness (QED) is 0.580. The number of aromatic nitrogens is 1. The normalized spacial score (nSPS) is 17.7. The fourth-order valence-corrected chi connectivity index (χ4v) is 4.00. The number of halogens is 1. The number of amides is 1. The highest BCUT2D eigenvalue weighted by atomic mass is 79.9. The first-order chi connectivity index (χ1) is 14.0. The first-order valence-electron chi connectivity index (χ1n) is 9.77. The molecule has 29 heavy (non-hydrogen) atoms. The van der Waals surface area contributed by atoms with E-state index in [1.54, 1.807) is 4.90 Å². The van der Waals surface area contributed by atoms with Gasteiger partial charge in [-0.15, -0.1) is 0 Å². The van der Waals surface area contributed by atoms with E-state index >= 15 is 0 Å². The van der Waals surface area contributed by atoms with Gasteiger partial charge in [0.25, 0.3) is 0 Å². The minimum Gasteiger partial charge on any atom is -0.492 e. The van der Waals surface area contributed by atoms with Crippen LogP contribution in [0.15, 0.2) is 59.1 Å². The topological polar surface area (TPSA) is 45.7 Å². The Bertz CT molecular complexity index is 1020. The number of benzene rings is 2. The number of ether oxygens (including phenoxy) is 1. The molecule has 6 heteroatoms. The smallest absolute Gasteiger partial charge is 0.236 e. The zero-order valence-electron chi connectivity index (χ0n) is 16.6. The number of piperazine rings is 1. The Morgan fingerprint density at radius 1 is 1.14 bits per heavy atom. The maximum atomic E-state index is 11.9. The Balaban J connectivity index is 1.37. The highest BCUT2D eigenvalue weighted by Crippen LogP contribution is 2.25. The fraction of sp³-hybridized carbons (Fsp3) is 0.304. The van der Waals surface area contributed by atoms with Gasteiger partial charge in [-0.1, -0.05) is 22.0 Å². The van der Waals surface area contributed by atoms with E-state index in [0.29, 0.717) is 19.2 Å².